The lowest BCUT2D eigenvalue weighted by molar-refractivity contribution is 0.145. The number of aliphatic imine (C=N–C) groups is 1. The summed E-state index contributed by atoms with van der Waals surface area (Å²) in [7, 11) is 4.11. The normalized spacial score (nSPS) is 18.3. The number of nitrogens with one attached hydrogen (secondary N) is 1. The van der Waals surface area contributed by atoms with Gasteiger partial charge in [-0.25, -0.2) is 4.99 Å². The molecule has 0 bridgehead atoms. The molecule has 154 valence electrons. The topological polar surface area (TPSA) is 70.8 Å². The van der Waals surface area contributed by atoms with E-state index in [0.717, 1.165) is 56.9 Å². The van der Waals surface area contributed by atoms with Crippen LogP contribution in [-0.2, 0) is 18.3 Å². The van der Waals surface area contributed by atoms with Gasteiger partial charge in [0.25, 0.3) is 0 Å². The van der Waals surface area contributed by atoms with Crippen LogP contribution in [0.5, 0.6) is 0 Å². The smallest absolute Gasteiger partial charge is 0.194 e. The molecular weight excluding hydrogens is 342 g/mol. The molecule has 0 aliphatic carbocycles. The van der Waals surface area contributed by atoms with E-state index in [1.54, 1.807) is 0 Å². The predicted octanol–water partition coefficient (Wildman–Crippen LogP) is 1.41. The Labute approximate surface area is 164 Å². The number of hydrogen-bond donors (Lipinski definition) is 1. The van der Waals surface area contributed by atoms with Crippen molar-refractivity contribution in [2.45, 2.75) is 52.6 Å². The number of ether oxygens (including phenoxy) is 1. The van der Waals surface area contributed by atoms with Crippen LogP contribution in [0.2, 0.25) is 0 Å². The van der Waals surface area contributed by atoms with Crippen LogP contribution in [0.3, 0.4) is 0 Å². The molecule has 1 aromatic rings. The Morgan fingerprint density at radius 2 is 2.19 bits per heavy atom. The first kappa shape index (κ1) is 21.6. The average Bonchev–Trinajstić information content (AvgIpc) is 3.24. The molecule has 2 rings (SSSR count). The molecule has 8 heteroatoms. The van der Waals surface area contributed by atoms with Gasteiger partial charge in [-0.3, -0.25) is 4.90 Å². The van der Waals surface area contributed by atoms with Crippen LogP contribution in [-0.4, -0.2) is 83.0 Å². The van der Waals surface area contributed by atoms with Gasteiger partial charge in [0.05, 0.1) is 0 Å². The Bertz CT molecular complexity index is 587. The van der Waals surface area contributed by atoms with E-state index in [1.807, 2.05) is 25.5 Å². The van der Waals surface area contributed by atoms with E-state index in [-0.39, 0.29) is 0 Å². The summed E-state index contributed by atoms with van der Waals surface area (Å²) in [6.45, 7) is 12.5. The number of nitrogens with zero attached hydrogens (tertiary/aromatic N) is 6. The van der Waals surface area contributed by atoms with Crippen molar-refractivity contribution in [1.29, 1.82) is 0 Å². The third-order valence-electron chi connectivity index (χ3n) is 5.26. The highest BCUT2D eigenvalue weighted by atomic mass is 16.5. The highest BCUT2D eigenvalue weighted by Gasteiger charge is 2.25. The second-order valence-electron chi connectivity index (χ2n) is 7.14. The molecule has 1 aliphatic heterocycles. The zero-order valence-electron chi connectivity index (χ0n) is 17.7. The largest absolute Gasteiger partial charge is 0.382 e. The number of likely N-dealkylation sites (N-methyl/N-ethyl adjacent to an activating group) is 2. The van der Waals surface area contributed by atoms with Gasteiger partial charge >= 0.3 is 0 Å². The van der Waals surface area contributed by atoms with E-state index in [1.165, 1.54) is 19.4 Å². The second kappa shape index (κ2) is 11.2. The number of likely N-dealkylation sites (tertiary alicyclic amines) is 1. The third-order valence-corrected chi connectivity index (χ3v) is 5.26. The van der Waals surface area contributed by atoms with Crippen LogP contribution < -0.4 is 5.32 Å². The molecule has 1 saturated heterocycles. The Balaban J connectivity index is 1.98. The molecule has 27 heavy (non-hydrogen) atoms. The van der Waals surface area contributed by atoms with Crippen molar-refractivity contribution in [3.8, 4) is 0 Å². The van der Waals surface area contributed by atoms with Gasteiger partial charge in [-0.15, -0.1) is 10.2 Å². The predicted molar refractivity (Wildman–Crippen MR) is 109 cm³/mol. The van der Waals surface area contributed by atoms with Crippen LogP contribution in [0.15, 0.2) is 4.99 Å². The fourth-order valence-corrected chi connectivity index (χ4v) is 3.49. The lowest BCUT2D eigenvalue weighted by Crippen LogP contribution is -2.46. The van der Waals surface area contributed by atoms with Crippen molar-refractivity contribution in [3.05, 3.63) is 11.6 Å². The van der Waals surface area contributed by atoms with Crippen LogP contribution in [0, 0.1) is 6.92 Å². The summed E-state index contributed by atoms with van der Waals surface area (Å²) in [6.07, 6.45) is 3.52. The molecule has 1 unspecified atom stereocenters. The molecule has 8 nitrogen and oxygen atoms in total. The van der Waals surface area contributed by atoms with E-state index in [2.05, 4.69) is 39.3 Å². The summed E-state index contributed by atoms with van der Waals surface area (Å²) in [4.78, 5) is 9.64. The molecule has 1 aromatic heterocycles. The number of hydrogen-bond acceptors (Lipinski definition) is 5. The molecular formula is C19H37N7O. The minimum Gasteiger partial charge on any atom is -0.382 e. The van der Waals surface area contributed by atoms with Crippen molar-refractivity contribution in [1.82, 2.24) is 29.9 Å². The molecule has 0 amide bonds. The summed E-state index contributed by atoms with van der Waals surface area (Å²) < 4.78 is 7.43. The monoisotopic (exact) mass is 379 g/mol. The zero-order valence-corrected chi connectivity index (χ0v) is 17.7. The molecule has 0 aromatic carbocycles. The minimum atomic E-state index is 0.525. The Morgan fingerprint density at radius 1 is 1.37 bits per heavy atom. The summed E-state index contributed by atoms with van der Waals surface area (Å²) >= 11 is 0. The molecule has 1 aliphatic rings. The summed E-state index contributed by atoms with van der Waals surface area (Å²) in [5.41, 5.74) is 0. The highest BCUT2D eigenvalue weighted by Crippen LogP contribution is 2.17. The number of guanidine groups is 1. The first-order chi connectivity index (χ1) is 13.1. The van der Waals surface area contributed by atoms with E-state index in [9.17, 15) is 0 Å². The van der Waals surface area contributed by atoms with Crippen LogP contribution in [0.1, 0.15) is 44.8 Å². The summed E-state index contributed by atoms with van der Waals surface area (Å²) in [6, 6.07) is 0.604. The van der Waals surface area contributed by atoms with Gasteiger partial charge in [-0.2, -0.15) is 0 Å². The summed E-state index contributed by atoms with van der Waals surface area (Å²) in [5, 5.41) is 11.9. The van der Waals surface area contributed by atoms with Gasteiger partial charge < -0.3 is 19.5 Å². The molecule has 0 spiro atoms. The van der Waals surface area contributed by atoms with Crippen molar-refractivity contribution >= 4 is 5.96 Å². The molecule has 1 atom stereocenters. The van der Waals surface area contributed by atoms with Gasteiger partial charge in [-0.05, 0) is 46.2 Å². The molecule has 1 fully saturated rings. The van der Waals surface area contributed by atoms with E-state index >= 15 is 0 Å². The Hall–Kier alpha value is -1.67. The molecule has 1 N–H and O–H groups in total. The Morgan fingerprint density at radius 3 is 2.85 bits per heavy atom. The van der Waals surface area contributed by atoms with Crippen molar-refractivity contribution in [2.24, 2.45) is 12.0 Å². The fourth-order valence-electron chi connectivity index (χ4n) is 3.49. The lowest BCUT2D eigenvalue weighted by atomic mass is 10.2. The van der Waals surface area contributed by atoms with E-state index in [4.69, 9.17) is 9.73 Å². The standard InChI is InChI=1S/C19H37N7O/c1-6-26-12-8-10-17(26)15-24(4)19(20-11-9-13-27-7-2)21-14-18-23-22-16(3)25(18)5/h17H,6-15H2,1-5H3,(H,20,21). The van der Waals surface area contributed by atoms with Gasteiger partial charge in [0.15, 0.2) is 11.8 Å². The van der Waals surface area contributed by atoms with Gasteiger partial charge in [0.2, 0.25) is 0 Å². The van der Waals surface area contributed by atoms with Gasteiger partial charge in [-0.1, -0.05) is 6.92 Å². The quantitative estimate of drug-likeness (QED) is 0.377. The summed E-state index contributed by atoms with van der Waals surface area (Å²) in [5.74, 6) is 2.71. The molecule has 2 heterocycles. The van der Waals surface area contributed by atoms with Crippen molar-refractivity contribution in [2.75, 3.05) is 46.4 Å². The Kier molecular flexibility index (Phi) is 9.00. The SMILES string of the molecule is CCOCCCNC(=NCc1nnc(C)n1C)N(C)CC1CCCN1CC. The number of aryl methyl sites for hydroxylation is 1. The minimum absolute atomic E-state index is 0.525. The third kappa shape index (κ3) is 6.46. The maximum Gasteiger partial charge on any atom is 0.194 e. The maximum absolute atomic E-state index is 5.44. The van der Waals surface area contributed by atoms with Gasteiger partial charge in [0, 0.05) is 46.4 Å². The van der Waals surface area contributed by atoms with E-state index < -0.39 is 0 Å². The first-order valence-corrected chi connectivity index (χ1v) is 10.2. The van der Waals surface area contributed by atoms with Crippen molar-refractivity contribution < 1.29 is 4.74 Å². The fraction of sp³-hybridized carbons (Fsp3) is 0.842. The van der Waals surface area contributed by atoms with Crippen molar-refractivity contribution in [3.63, 3.8) is 0 Å². The van der Waals surface area contributed by atoms with Crippen LogP contribution >= 0.6 is 0 Å². The van der Waals surface area contributed by atoms with Crippen LogP contribution in [0.4, 0.5) is 0 Å². The van der Waals surface area contributed by atoms with E-state index in [0.29, 0.717) is 12.6 Å². The molecule has 0 saturated carbocycles. The highest BCUT2D eigenvalue weighted by molar-refractivity contribution is 5.79. The lowest BCUT2D eigenvalue weighted by Gasteiger charge is -2.30. The first-order valence-electron chi connectivity index (χ1n) is 10.2. The number of aromatic nitrogens is 3. The van der Waals surface area contributed by atoms with Gasteiger partial charge in [0.1, 0.15) is 12.4 Å². The molecule has 0 radical (unpaired) electrons. The zero-order chi connectivity index (χ0) is 19.6. The maximum atomic E-state index is 5.44. The second-order valence-corrected chi connectivity index (χ2v) is 7.14. The number of rotatable bonds is 10. The van der Waals surface area contributed by atoms with Crippen LogP contribution in [0.25, 0.3) is 0 Å². The average molecular weight is 380 g/mol.